The van der Waals surface area contributed by atoms with Gasteiger partial charge in [-0.3, -0.25) is 9.59 Å². The van der Waals surface area contributed by atoms with Gasteiger partial charge in [-0.2, -0.15) is 0 Å². The SMILES string of the molecule is COc1cc(CCC(=O)OCC(=O)c2cc(C)ccc2C)cc(OC)c1OC. The number of ketones is 1. The molecule has 2 rings (SSSR count). The lowest BCUT2D eigenvalue weighted by atomic mass is 10.0. The third kappa shape index (κ3) is 5.25. The van der Waals surface area contributed by atoms with E-state index in [0.717, 1.165) is 16.7 Å². The first-order valence-electron chi connectivity index (χ1n) is 8.94. The number of carbonyl (C=O) groups excluding carboxylic acids is 2. The lowest BCUT2D eigenvalue weighted by Gasteiger charge is -2.14. The van der Waals surface area contributed by atoms with Crippen molar-refractivity contribution in [3.63, 3.8) is 0 Å². The number of rotatable bonds is 9. The molecule has 0 bridgehead atoms. The first-order valence-corrected chi connectivity index (χ1v) is 8.94. The van der Waals surface area contributed by atoms with E-state index in [1.807, 2.05) is 26.0 Å². The summed E-state index contributed by atoms with van der Waals surface area (Å²) in [4.78, 5) is 24.4. The molecule has 0 aliphatic carbocycles. The van der Waals surface area contributed by atoms with Crippen LogP contribution in [0.25, 0.3) is 0 Å². The summed E-state index contributed by atoms with van der Waals surface area (Å²) < 4.78 is 21.1. The number of carbonyl (C=O) groups is 2. The Hall–Kier alpha value is -3.02. The van der Waals surface area contributed by atoms with E-state index in [-0.39, 0.29) is 18.8 Å². The molecule has 150 valence electrons. The van der Waals surface area contributed by atoms with Gasteiger partial charge in [0.1, 0.15) is 0 Å². The Morgan fingerprint density at radius 1 is 0.893 bits per heavy atom. The van der Waals surface area contributed by atoms with Crippen molar-refractivity contribution in [3.8, 4) is 17.2 Å². The topological polar surface area (TPSA) is 71.1 Å². The van der Waals surface area contributed by atoms with Crippen LogP contribution in [-0.2, 0) is 16.0 Å². The summed E-state index contributed by atoms with van der Waals surface area (Å²) in [5, 5.41) is 0. The van der Waals surface area contributed by atoms with Crippen LogP contribution in [0.5, 0.6) is 17.2 Å². The average molecular weight is 386 g/mol. The maximum atomic E-state index is 12.3. The van der Waals surface area contributed by atoms with E-state index in [4.69, 9.17) is 18.9 Å². The number of hydrogen-bond donors (Lipinski definition) is 0. The Bertz CT molecular complexity index is 831. The molecule has 0 aliphatic rings. The van der Waals surface area contributed by atoms with Gasteiger partial charge in [0.15, 0.2) is 18.1 Å². The van der Waals surface area contributed by atoms with Gasteiger partial charge in [0, 0.05) is 12.0 Å². The fraction of sp³-hybridized carbons (Fsp3) is 0.364. The molecule has 0 saturated carbocycles. The maximum absolute atomic E-state index is 12.3. The summed E-state index contributed by atoms with van der Waals surface area (Å²) >= 11 is 0. The molecule has 0 heterocycles. The van der Waals surface area contributed by atoms with Crippen molar-refractivity contribution in [2.24, 2.45) is 0 Å². The average Bonchev–Trinajstić information content (AvgIpc) is 2.71. The predicted molar refractivity (Wildman–Crippen MR) is 106 cm³/mol. The van der Waals surface area contributed by atoms with Crippen molar-refractivity contribution < 1.29 is 28.5 Å². The first-order chi connectivity index (χ1) is 13.4. The van der Waals surface area contributed by atoms with Gasteiger partial charge in [0.25, 0.3) is 0 Å². The zero-order valence-electron chi connectivity index (χ0n) is 17.0. The standard InChI is InChI=1S/C22H26O6/c1-14-6-7-15(2)17(10-14)18(23)13-28-21(24)9-8-16-11-19(25-3)22(27-5)20(12-16)26-4/h6-7,10-12H,8-9,13H2,1-5H3. The second kappa shape index (κ2) is 9.78. The summed E-state index contributed by atoms with van der Waals surface area (Å²) in [6, 6.07) is 9.21. The van der Waals surface area contributed by atoms with Crippen molar-refractivity contribution in [1.29, 1.82) is 0 Å². The Kier molecular flexibility index (Phi) is 7.44. The number of esters is 1. The molecule has 0 aromatic heterocycles. The van der Waals surface area contributed by atoms with Crippen LogP contribution in [0, 0.1) is 13.8 Å². The summed E-state index contributed by atoms with van der Waals surface area (Å²) in [5.74, 6) is 0.899. The lowest BCUT2D eigenvalue weighted by Crippen LogP contribution is -2.15. The lowest BCUT2D eigenvalue weighted by molar-refractivity contribution is -0.142. The molecule has 0 fully saturated rings. The Morgan fingerprint density at radius 2 is 1.54 bits per heavy atom. The number of benzene rings is 2. The van der Waals surface area contributed by atoms with Crippen molar-refractivity contribution in [1.82, 2.24) is 0 Å². The molecule has 0 saturated heterocycles. The number of methoxy groups -OCH3 is 3. The van der Waals surface area contributed by atoms with E-state index >= 15 is 0 Å². The van der Waals surface area contributed by atoms with Crippen LogP contribution in [0.2, 0.25) is 0 Å². The van der Waals surface area contributed by atoms with Gasteiger partial charge in [-0.15, -0.1) is 0 Å². The quantitative estimate of drug-likeness (QED) is 0.484. The molecular weight excluding hydrogens is 360 g/mol. The fourth-order valence-electron chi connectivity index (χ4n) is 2.86. The smallest absolute Gasteiger partial charge is 0.306 e. The van der Waals surface area contributed by atoms with Gasteiger partial charge >= 0.3 is 5.97 Å². The Balaban J connectivity index is 1.95. The molecule has 0 radical (unpaired) electrons. The molecule has 0 unspecified atom stereocenters. The number of ether oxygens (including phenoxy) is 4. The van der Waals surface area contributed by atoms with E-state index < -0.39 is 5.97 Å². The van der Waals surface area contributed by atoms with E-state index in [0.29, 0.717) is 29.2 Å². The predicted octanol–water partition coefficient (Wildman–Crippen LogP) is 3.69. The largest absolute Gasteiger partial charge is 0.493 e. The minimum atomic E-state index is -0.438. The molecular formula is C22H26O6. The molecule has 2 aromatic rings. The highest BCUT2D eigenvalue weighted by molar-refractivity contribution is 5.99. The zero-order valence-corrected chi connectivity index (χ0v) is 17.0. The number of aryl methyl sites for hydroxylation is 3. The molecule has 0 aliphatic heterocycles. The first kappa shape index (κ1) is 21.3. The Labute approximate surface area is 165 Å². The number of Topliss-reactive ketones (excluding diaryl/α,β-unsaturated/α-hetero) is 1. The van der Waals surface area contributed by atoms with Gasteiger partial charge in [0.05, 0.1) is 21.3 Å². The van der Waals surface area contributed by atoms with Crippen LogP contribution in [0.1, 0.15) is 33.5 Å². The van der Waals surface area contributed by atoms with Crippen molar-refractivity contribution in [3.05, 3.63) is 52.6 Å². The highest BCUT2D eigenvalue weighted by Gasteiger charge is 2.15. The number of hydrogen-bond acceptors (Lipinski definition) is 6. The summed E-state index contributed by atoms with van der Waals surface area (Å²) in [7, 11) is 4.60. The van der Waals surface area contributed by atoms with E-state index in [1.165, 1.54) is 21.3 Å². The minimum Gasteiger partial charge on any atom is -0.493 e. The van der Waals surface area contributed by atoms with Crippen LogP contribution in [0.15, 0.2) is 30.3 Å². The molecule has 28 heavy (non-hydrogen) atoms. The summed E-state index contributed by atoms with van der Waals surface area (Å²) in [6.07, 6.45) is 0.561. The van der Waals surface area contributed by atoms with Crippen LogP contribution < -0.4 is 14.2 Å². The molecule has 2 aromatic carbocycles. The molecule has 0 amide bonds. The van der Waals surface area contributed by atoms with Gasteiger partial charge < -0.3 is 18.9 Å². The molecule has 0 atom stereocenters. The fourth-order valence-corrected chi connectivity index (χ4v) is 2.86. The van der Waals surface area contributed by atoms with Gasteiger partial charge in [-0.25, -0.2) is 0 Å². The second-order valence-corrected chi connectivity index (χ2v) is 6.44. The van der Waals surface area contributed by atoms with E-state index in [9.17, 15) is 9.59 Å². The van der Waals surface area contributed by atoms with Crippen molar-refractivity contribution in [2.75, 3.05) is 27.9 Å². The zero-order chi connectivity index (χ0) is 20.7. The van der Waals surface area contributed by atoms with Gasteiger partial charge in [0.2, 0.25) is 11.5 Å². The van der Waals surface area contributed by atoms with Gasteiger partial charge in [-0.1, -0.05) is 17.7 Å². The van der Waals surface area contributed by atoms with Crippen LogP contribution in [-0.4, -0.2) is 39.7 Å². The molecule has 0 N–H and O–H groups in total. The summed E-state index contributed by atoms with van der Waals surface area (Å²) in [5.41, 5.74) is 3.27. The molecule has 0 spiro atoms. The second-order valence-electron chi connectivity index (χ2n) is 6.44. The minimum absolute atomic E-state index is 0.138. The van der Waals surface area contributed by atoms with Crippen molar-refractivity contribution >= 4 is 11.8 Å². The highest BCUT2D eigenvalue weighted by atomic mass is 16.5. The summed E-state index contributed by atoms with van der Waals surface area (Å²) in [6.45, 7) is 3.51. The monoisotopic (exact) mass is 386 g/mol. The van der Waals surface area contributed by atoms with Crippen LogP contribution in [0.3, 0.4) is 0 Å². The maximum Gasteiger partial charge on any atom is 0.306 e. The van der Waals surface area contributed by atoms with Gasteiger partial charge in [-0.05, 0) is 49.6 Å². The molecule has 6 heteroatoms. The third-order valence-electron chi connectivity index (χ3n) is 4.40. The van der Waals surface area contributed by atoms with Crippen LogP contribution >= 0.6 is 0 Å². The highest BCUT2D eigenvalue weighted by Crippen LogP contribution is 2.38. The Morgan fingerprint density at radius 3 is 2.11 bits per heavy atom. The van der Waals surface area contributed by atoms with Crippen molar-refractivity contribution in [2.45, 2.75) is 26.7 Å². The normalized spacial score (nSPS) is 10.3. The van der Waals surface area contributed by atoms with E-state index in [1.54, 1.807) is 18.2 Å². The van der Waals surface area contributed by atoms with Crippen LogP contribution in [0.4, 0.5) is 0 Å². The van der Waals surface area contributed by atoms with E-state index in [2.05, 4.69) is 0 Å². The molecule has 6 nitrogen and oxygen atoms in total. The third-order valence-corrected chi connectivity index (χ3v) is 4.40.